The first-order valence-electron chi connectivity index (χ1n) is 8.57. The van der Waals surface area contributed by atoms with Crippen molar-refractivity contribution in [3.05, 3.63) is 64.1 Å². The van der Waals surface area contributed by atoms with Crippen molar-refractivity contribution < 1.29 is 19.4 Å². The molecule has 8 nitrogen and oxygen atoms in total. The zero-order valence-electron chi connectivity index (χ0n) is 15.1. The van der Waals surface area contributed by atoms with Crippen molar-refractivity contribution in [1.29, 1.82) is 0 Å². The molecule has 0 fully saturated rings. The van der Waals surface area contributed by atoms with Crippen molar-refractivity contribution in [2.24, 2.45) is 0 Å². The molecule has 0 aliphatic heterocycles. The van der Waals surface area contributed by atoms with E-state index < -0.39 is 17.1 Å². The largest absolute Gasteiger partial charge is 0.503 e. The van der Waals surface area contributed by atoms with E-state index in [9.17, 15) is 19.5 Å². The van der Waals surface area contributed by atoms with Crippen LogP contribution in [0, 0.1) is 0 Å². The molecule has 27 heavy (non-hydrogen) atoms. The van der Waals surface area contributed by atoms with Gasteiger partial charge >= 0.3 is 0 Å². The van der Waals surface area contributed by atoms with Crippen molar-refractivity contribution in [1.82, 2.24) is 15.2 Å². The maximum atomic E-state index is 12.4. The van der Waals surface area contributed by atoms with Gasteiger partial charge in [0.15, 0.2) is 11.4 Å². The van der Waals surface area contributed by atoms with E-state index >= 15 is 0 Å². The Morgan fingerprint density at radius 1 is 1.07 bits per heavy atom. The van der Waals surface area contributed by atoms with Gasteiger partial charge in [-0.3, -0.25) is 14.4 Å². The van der Waals surface area contributed by atoms with E-state index in [-0.39, 0.29) is 18.1 Å². The number of pyridine rings is 1. The monoisotopic (exact) mass is 373 g/mol. The molecule has 0 saturated heterocycles. The first-order chi connectivity index (χ1) is 13.0. The van der Waals surface area contributed by atoms with Crippen LogP contribution in [0.5, 0.6) is 5.75 Å². The van der Waals surface area contributed by atoms with Crippen LogP contribution in [0.4, 0.5) is 0 Å². The first kappa shape index (κ1) is 20.2. The Balaban J connectivity index is 1.86. The van der Waals surface area contributed by atoms with Gasteiger partial charge in [-0.2, -0.15) is 0 Å². The summed E-state index contributed by atoms with van der Waals surface area (Å²) in [5, 5.41) is 15.4. The zero-order chi connectivity index (χ0) is 19.6. The molecule has 1 aromatic carbocycles. The van der Waals surface area contributed by atoms with E-state index in [0.717, 1.165) is 0 Å². The maximum absolute atomic E-state index is 12.4. The number of aromatic nitrogens is 1. The zero-order valence-corrected chi connectivity index (χ0v) is 15.1. The standard InChI is InChI=1S/C19H23N3O5/c1-27-13-12-22-11-8-15(23)17(24)16(22)19(26)21-10-5-9-20-18(25)14-6-3-2-4-7-14/h2-4,6-8,11,24H,5,9-10,12-13H2,1H3,(H,20,25)(H,21,26). The summed E-state index contributed by atoms with van der Waals surface area (Å²) in [5.74, 6) is -1.34. The second-order valence-corrected chi connectivity index (χ2v) is 5.79. The second kappa shape index (κ2) is 10.1. The number of amides is 2. The molecule has 2 rings (SSSR count). The van der Waals surface area contributed by atoms with E-state index in [1.807, 2.05) is 6.07 Å². The molecule has 0 atom stereocenters. The predicted octanol–water partition coefficient (Wildman–Crippen LogP) is 0.750. The highest BCUT2D eigenvalue weighted by Gasteiger charge is 2.17. The van der Waals surface area contributed by atoms with Crippen molar-refractivity contribution in [2.45, 2.75) is 13.0 Å². The maximum Gasteiger partial charge on any atom is 0.271 e. The van der Waals surface area contributed by atoms with Crippen LogP contribution in [0.3, 0.4) is 0 Å². The number of aromatic hydroxyl groups is 1. The van der Waals surface area contributed by atoms with E-state index in [0.29, 0.717) is 31.7 Å². The molecule has 0 spiro atoms. The molecular formula is C19H23N3O5. The fourth-order valence-corrected chi connectivity index (χ4v) is 2.45. The number of ether oxygens (including phenoxy) is 1. The summed E-state index contributed by atoms with van der Waals surface area (Å²) in [5.41, 5.74) is -0.158. The summed E-state index contributed by atoms with van der Waals surface area (Å²) in [4.78, 5) is 35.9. The van der Waals surface area contributed by atoms with Crippen molar-refractivity contribution in [3.63, 3.8) is 0 Å². The lowest BCUT2D eigenvalue weighted by Gasteiger charge is -2.14. The highest BCUT2D eigenvalue weighted by atomic mass is 16.5. The van der Waals surface area contributed by atoms with Crippen LogP contribution in [0.1, 0.15) is 27.3 Å². The molecule has 0 saturated carbocycles. The van der Waals surface area contributed by atoms with E-state index in [1.54, 1.807) is 24.3 Å². The third-order valence-electron chi connectivity index (χ3n) is 3.86. The van der Waals surface area contributed by atoms with E-state index in [4.69, 9.17) is 4.74 Å². The van der Waals surface area contributed by atoms with Gasteiger partial charge < -0.3 is 25.0 Å². The number of carbonyl (C=O) groups is 2. The topological polar surface area (TPSA) is 110 Å². The van der Waals surface area contributed by atoms with Gasteiger partial charge in [-0.15, -0.1) is 0 Å². The van der Waals surface area contributed by atoms with Gasteiger partial charge in [0.2, 0.25) is 5.43 Å². The molecule has 0 radical (unpaired) electrons. The van der Waals surface area contributed by atoms with Crippen molar-refractivity contribution in [2.75, 3.05) is 26.8 Å². The highest BCUT2D eigenvalue weighted by molar-refractivity contribution is 5.95. The molecule has 0 unspecified atom stereocenters. The minimum Gasteiger partial charge on any atom is -0.503 e. The van der Waals surface area contributed by atoms with Crippen LogP contribution in [-0.4, -0.2) is 48.3 Å². The average Bonchev–Trinajstić information content (AvgIpc) is 2.68. The van der Waals surface area contributed by atoms with Gasteiger partial charge in [0, 0.05) is 44.6 Å². The number of carbonyl (C=O) groups excluding carboxylic acids is 2. The molecule has 144 valence electrons. The van der Waals surface area contributed by atoms with Crippen LogP contribution in [0.15, 0.2) is 47.4 Å². The predicted molar refractivity (Wildman–Crippen MR) is 100.0 cm³/mol. The minimum absolute atomic E-state index is 0.104. The lowest BCUT2D eigenvalue weighted by molar-refractivity contribution is 0.0936. The molecule has 0 aliphatic carbocycles. The van der Waals surface area contributed by atoms with Gasteiger partial charge in [0.05, 0.1) is 6.61 Å². The summed E-state index contributed by atoms with van der Waals surface area (Å²) in [6.07, 6.45) is 1.94. The Morgan fingerprint density at radius 3 is 2.41 bits per heavy atom. The van der Waals surface area contributed by atoms with Crippen LogP contribution in [0.2, 0.25) is 0 Å². The fourth-order valence-electron chi connectivity index (χ4n) is 2.45. The molecule has 0 aliphatic rings. The summed E-state index contributed by atoms with van der Waals surface area (Å²) in [6, 6.07) is 10.0. The van der Waals surface area contributed by atoms with Crippen LogP contribution in [-0.2, 0) is 11.3 Å². The summed E-state index contributed by atoms with van der Waals surface area (Å²) < 4.78 is 6.44. The Kier molecular flexibility index (Phi) is 7.57. The Morgan fingerprint density at radius 2 is 1.74 bits per heavy atom. The Bertz CT molecular complexity index is 833. The quantitative estimate of drug-likeness (QED) is 0.562. The minimum atomic E-state index is -0.621. The Hall–Kier alpha value is -3.13. The second-order valence-electron chi connectivity index (χ2n) is 5.79. The normalized spacial score (nSPS) is 10.4. The van der Waals surface area contributed by atoms with Gasteiger partial charge in [0.25, 0.3) is 11.8 Å². The van der Waals surface area contributed by atoms with Crippen molar-refractivity contribution >= 4 is 11.8 Å². The molecule has 1 aromatic heterocycles. The Labute approximate surface area is 156 Å². The summed E-state index contributed by atoms with van der Waals surface area (Å²) in [7, 11) is 1.52. The number of nitrogens with zero attached hydrogens (tertiary/aromatic N) is 1. The summed E-state index contributed by atoms with van der Waals surface area (Å²) in [6.45, 7) is 1.31. The van der Waals surface area contributed by atoms with Gasteiger partial charge in [0.1, 0.15) is 0 Å². The average molecular weight is 373 g/mol. The van der Waals surface area contributed by atoms with Crippen LogP contribution < -0.4 is 16.1 Å². The van der Waals surface area contributed by atoms with Crippen LogP contribution in [0.25, 0.3) is 0 Å². The fraction of sp³-hybridized carbons (Fsp3) is 0.316. The van der Waals surface area contributed by atoms with Gasteiger partial charge in [-0.1, -0.05) is 18.2 Å². The third-order valence-corrected chi connectivity index (χ3v) is 3.86. The molecule has 0 bridgehead atoms. The van der Waals surface area contributed by atoms with Gasteiger partial charge in [-0.05, 0) is 18.6 Å². The molecule has 2 amide bonds. The van der Waals surface area contributed by atoms with Crippen LogP contribution >= 0.6 is 0 Å². The number of nitrogens with one attached hydrogen (secondary N) is 2. The molecular weight excluding hydrogens is 350 g/mol. The van der Waals surface area contributed by atoms with E-state index in [1.165, 1.54) is 23.9 Å². The van der Waals surface area contributed by atoms with E-state index in [2.05, 4.69) is 10.6 Å². The molecule has 8 heteroatoms. The first-order valence-corrected chi connectivity index (χ1v) is 8.57. The van der Waals surface area contributed by atoms with Gasteiger partial charge in [-0.25, -0.2) is 0 Å². The number of rotatable bonds is 9. The SMILES string of the molecule is COCCn1ccc(=O)c(O)c1C(=O)NCCCNC(=O)c1ccccc1. The number of methoxy groups -OCH3 is 1. The summed E-state index contributed by atoms with van der Waals surface area (Å²) >= 11 is 0. The number of hydrogen-bond donors (Lipinski definition) is 3. The number of hydrogen-bond acceptors (Lipinski definition) is 5. The molecule has 3 N–H and O–H groups in total. The highest BCUT2D eigenvalue weighted by Crippen LogP contribution is 2.11. The molecule has 2 aromatic rings. The number of benzene rings is 1. The molecule has 1 heterocycles. The smallest absolute Gasteiger partial charge is 0.271 e. The third kappa shape index (κ3) is 5.68. The van der Waals surface area contributed by atoms with Crippen molar-refractivity contribution in [3.8, 4) is 5.75 Å². The lowest BCUT2D eigenvalue weighted by atomic mass is 10.2. The lowest BCUT2D eigenvalue weighted by Crippen LogP contribution is -2.32.